The molecule has 0 aromatic carbocycles. The molecule has 0 aliphatic heterocycles. The van der Waals surface area contributed by atoms with E-state index in [1.165, 1.54) is 128 Å². The van der Waals surface area contributed by atoms with Crippen LogP contribution in [0.2, 0.25) is 0 Å². The van der Waals surface area contributed by atoms with Gasteiger partial charge in [-0.1, -0.05) is 235 Å². The topological polar surface area (TPSA) is 78.9 Å². The maximum absolute atomic E-state index is 12.7. The highest BCUT2D eigenvalue weighted by Gasteiger charge is 2.19. The van der Waals surface area contributed by atoms with Crippen molar-refractivity contribution in [1.82, 2.24) is 0 Å². The first-order valence-electron chi connectivity index (χ1n) is 26.4. The van der Waals surface area contributed by atoms with Crippen LogP contribution in [0.25, 0.3) is 0 Å². The summed E-state index contributed by atoms with van der Waals surface area (Å²) in [7, 11) is 0. The fourth-order valence-corrected chi connectivity index (χ4v) is 7.28. The summed E-state index contributed by atoms with van der Waals surface area (Å²) in [6.07, 6.45) is 64.9. The van der Waals surface area contributed by atoms with Gasteiger partial charge in [-0.2, -0.15) is 0 Å². The van der Waals surface area contributed by atoms with Gasteiger partial charge < -0.3 is 14.2 Å². The molecule has 6 heteroatoms. The standard InChI is InChI=1S/C57H98O6/c1-4-7-10-13-16-19-22-25-27-28-29-31-32-35-38-41-44-47-50-56(59)62-53-54(52-61-55(58)49-46-43-40-37-34-24-21-18-15-12-9-6-3)63-57(60)51-48-45-42-39-36-33-30-26-23-20-17-14-11-8-5-2/h8,11,17-18,20-21,26,30,36,39,45,48,54H,4-7,9-10,12-16,19,22-25,27-29,31-35,37-38,40-44,46-47,49-53H2,1-3H3/b11-8-,20-17-,21-18-,30-26-,39-36-,48-45-. The van der Waals surface area contributed by atoms with Crippen molar-refractivity contribution in [3.63, 3.8) is 0 Å². The van der Waals surface area contributed by atoms with Crippen molar-refractivity contribution in [2.24, 2.45) is 0 Å². The smallest absolute Gasteiger partial charge is 0.310 e. The summed E-state index contributed by atoms with van der Waals surface area (Å²) >= 11 is 0. The first-order valence-corrected chi connectivity index (χ1v) is 26.4. The zero-order chi connectivity index (χ0) is 45.8. The SMILES string of the molecule is CC/C=C\C/C=C\C/C=C\C/C=C\C/C=C\CC(=O)OC(COC(=O)CCCCCCC/C=C\CCCCC)COC(=O)CCCCCCCCCCCCCCCCCCCC. The highest BCUT2D eigenvalue weighted by Crippen LogP contribution is 2.15. The van der Waals surface area contributed by atoms with Gasteiger partial charge in [-0.15, -0.1) is 0 Å². The predicted molar refractivity (Wildman–Crippen MR) is 270 cm³/mol. The molecule has 0 fully saturated rings. The Morgan fingerprint density at radius 3 is 1.06 bits per heavy atom. The highest BCUT2D eigenvalue weighted by molar-refractivity contribution is 5.72. The molecule has 0 heterocycles. The van der Waals surface area contributed by atoms with E-state index < -0.39 is 12.1 Å². The minimum atomic E-state index is -0.830. The fraction of sp³-hybridized carbons (Fsp3) is 0.737. The van der Waals surface area contributed by atoms with E-state index in [9.17, 15) is 14.4 Å². The van der Waals surface area contributed by atoms with Crippen LogP contribution < -0.4 is 0 Å². The Morgan fingerprint density at radius 1 is 0.349 bits per heavy atom. The molecule has 0 aliphatic rings. The minimum Gasteiger partial charge on any atom is -0.462 e. The van der Waals surface area contributed by atoms with Crippen LogP contribution in [0.4, 0.5) is 0 Å². The second-order valence-corrected chi connectivity index (χ2v) is 17.4. The summed E-state index contributed by atoms with van der Waals surface area (Å²) in [5, 5.41) is 0. The lowest BCUT2D eigenvalue weighted by molar-refractivity contribution is -0.166. The molecule has 0 N–H and O–H groups in total. The number of carbonyl (C=O) groups excluding carboxylic acids is 3. The van der Waals surface area contributed by atoms with Crippen molar-refractivity contribution in [1.29, 1.82) is 0 Å². The third-order valence-corrected chi connectivity index (χ3v) is 11.2. The Bertz CT molecular complexity index is 1190. The van der Waals surface area contributed by atoms with Gasteiger partial charge in [-0.3, -0.25) is 14.4 Å². The number of hydrogen-bond donors (Lipinski definition) is 0. The van der Waals surface area contributed by atoms with Gasteiger partial charge in [0.25, 0.3) is 0 Å². The molecule has 0 amide bonds. The molecule has 0 saturated heterocycles. The van der Waals surface area contributed by atoms with Gasteiger partial charge in [0.05, 0.1) is 6.42 Å². The molecule has 0 radical (unpaired) electrons. The van der Waals surface area contributed by atoms with E-state index in [0.717, 1.165) is 83.5 Å². The normalized spacial score (nSPS) is 12.6. The van der Waals surface area contributed by atoms with Gasteiger partial charge in [-0.05, 0) is 70.6 Å². The van der Waals surface area contributed by atoms with Gasteiger partial charge in [0.1, 0.15) is 13.2 Å². The number of hydrogen-bond acceptors (Lipinski definition) is 6. The average Bonchev–Trinajstić information content (AvgIpc) is 3.28. The van der Waals surface area contributed by atoms with Crippen LogP contribution in [0, 0.1) is 0 Å². The van der Waals surface area contributed by atoms with Gasteiger partial charge in [0.2, 0.25) is 0 Å². The van der Waals surface area contributed by atoms with Crippen molar-refractivity contribution < 1.29 is 28.6 Å². The Balaban J connectivity index is 4.45. The van der Waals surface area contributed by atoms with Crippen LogP contribution in [0.15, 0.2) is 72.9 Å². The van der Waals surface area contributed by atoms with Crippen molar-refractivity contribution in [2.45, 2.75) is 258 Å². The Morgan fingerprint density at radius 2 is 0.667 bits per heavy atom. The summed E-state index contributed by atoms with van der Waals surface area (Å²) in [6, 6.07) is 0. The molecule has 0 aliphatic carbocycles. The molecule has 6 nitrogen and oxygen atoms in total. The monoisotopic (exact) mass is 879 g/mol. The van der Waals surface area contributed by atoms with Crippen LogP contribution in [0.3, 0.4) is 0 Å². The van der Waals surface area contributed by atoms with Crippen LogP contribution >= 0.6 is 0 Å². The third-order valence-electron chi connectivity index (χ3n) is 11.2. The molecule has 0 rings (SSSR count). The molecule has 1 atom stereocenters. The lowest BCUT2D eigenvalue weighted by atomic mass is 10.0. The van der Waals surface area contributed by atoms with Crippen LogP contribution in [0.5, 0.6) is 0 Å². The molecule has 362 valence electrons. The maximum Gasteiger partial charge on any atom is 0.310 e. The summed E-state index contributed by atoms with van der Waals surface area (Å²) < 4.78 is 16.7. The minimum absolute atomic E-state index is 0.0971. The summed E-state index contributed by atoms with van der Waals surface area (Å²) in [4.78, 5) is 37.9. The summed E-state index contributed by atoms with van der Waals surface area (Å²) in [5.74, 6) is -1.05. The molecular weight excluding hydrogens is 781 g/mol. The molecule has 0 bridgehead atoms. The van der Waals surface area contributed by atoms with E-state index in [4.69, 9.17) is 14.2 Å². The molecule has 0 aromatic heterocycles. The van der Waals surface area contributed by atoms with Crippen molar-refractivity contribution >= 4 is 17.9 Å². The lowest BCUT2D eigenvalue weighted by Gasteiger charge is -2.18. The van der Waals surface area contributed by atoms with Gasteiger partial charge in [0.15, 0.2) is 6.10 Å². The number of esters is 3. The molecule has 0 spiro atoms. The maximum atomic E-state index is 12.7. The van der Waals surface area contributed by atoms with Crippen molar-refractivity contribution in [3.05, 3.63) is 72.9 Å². The number of rotatable bonds is 47. The molecule has 63 heavy (non-hydrogen) atoms. The number of ether oxygens (including phenoxy) is 3. The van der Waals surface area contributed by atoms with E-state index in [2.05, 4.69) is 81.5 Å². The van der Waals surface area contributed by atoms with Gasteiger partial charge >= 0.3 is 17.9 Å². The molecule has 1 unspecified atom stereocenters. The Labute approximate surface area is 389 Å². The van der Waals surface area contributed by atoms with Crippen LogP contribution in [-0.2, 0) is 28.6 Å². The third kappa shape index (κ3) is 49.7. The predicted octanol–water partition coefficient (Wildman–Crippen LogP) is 17.4. The summed E-state index contributed by atoms with van der Waals surface area (Å²) in [5.41, 5.74) is 0. The molecule has 0 aromatic rings. The molecule has 0 saturated carbocycles. The zero-order valence-corrected chi connectivity index (χ0v) is 41.3. The first-order chi connectivity index (χ1) is 31.0. The van der Waals surface area contributed by atoms with Crippen molar-refractivity contribution in [3.8, 4) is 0 Å². The quantitative estimate of drug-likeness (QED) is 0.0262. The second-order valence-electron chi connectivity index (χ2n) is 17.4. The number of unbranched alkanes of at least 4 members (excludes halogenated alkanes) is 25. The number of carbonyl (C=O) groups is 3. The zero-order valence-electron chi connectivity index (χ0n) is 41.3. The van der Waals surface area contributed by atoms with Gasteiger partial charge in [0, 0.05) is 12.8 Å². The second kappa shape index (κ2) is 51.5. The number of allylic oxidation sites excluding steroid dienone is 11. The summed E-state index contributed by atoms with van der Waals surface area (Å²) in [6.45, 7) is 6.42. The van der Waals surface area contributed by atoms with Crippen molar-refractivity contribution in [2.75, 3.05) is 13.2 Å². The van der Waals surface area contributed by atoms with E-state index in [-0.39, 0.29) is 31.6 Å². The van der Waals surface area contributed by atoms with E-state index in [1.807, 2.05) is 6.08 Å². The van der Waals surface area contributed by atoms with Crippen LogP contribution in [0.1, 0.15) is 252 Å². The molecular formula is C57H98O6. The van der Waals surface area contributed by atoms with E-state index in [0.29, 0.717) is 12.8 Å². The largest absolute Gasteiger partial charge is 0.462 e. The average molecular weight is 879 g/mol. The van der Waals surface area contributed by atoms with E-state index in [1.54, 1.807) is 6.08 Å². The Hall–Kier alpha value is -3.15. The van der Waals surface area contributed by atoms with E-state index >= 15 is 0 Å². The lowest BCUT2D eigenvalue weighted by Crippen LogP contribution is -2.30. The Kier molecular flexibility index (Phi) is 48.9. The first kappa shape index (κ1) is 59.9. The van der Waals surface area contributed by atoms with Crippen LogP contribution in [-0.4, -0.2) is 37.2 Å². The fourth-order valence-electron chi connectivity index (χ4n) is 7.28. The highest BCUT2D eigenvalue weighted by atomic mass is 16.6. The van der Waals surface area contributed by atoms with Gasteiger partial charge in [-0.25, -0.2) is 0 Å².